The lowest BCUT2D eigenvalue weighted by Gasteiger charge is -2.27. The van der Waals surface area contributed by atoms with Gasteiger partial charge < -0.3 is 23.7 Å². The molecule has 11 heteroatoms. The van der Waals surface area contributed by atoms with Crippen molar-refractivity contribution in [1.82, 2.24) is 4.57 Å². The molecule has 1 aliphatic rings. The normalized spacial score (nSPS) is 14.8. The molecule has 3 aromatic rings. The molecule has 0 saturated carbocycles. The van der Waals surface area contributed by atoms with Crippen LogP contribution in [0.4, 0.5) is 0 Å². The lowest BCUT2D eigenvalue weighted by Crippen LogP contribution is -2.40. The molecule has 0 radical (unpaired) electrons. The highest BCUT2D eigenvalue weighted by Crippen LogP contribution is 2.40. The van der Waals surface area contributed by atoms with E-state index in [1.807, 2.05) is 31.2 Å². The maximum absolute atomic E-state index is 14.2. The molecular formula is C31H35BrN2O7S. The average molecular weight is 660 g/mol. The van der Waals surface area contributed by atoms with Gasteiger partial charge in [-0.05, 0) is 50.6 Å². The van der Waals surface area contributed by atoms with Gasteiger partial charge in [-0.15, -0.1) is 0 Å². The fourth-order valence-electron chi connectivity index (χ4n) is 4.61. The summed E-state index contributed by atoms with van der Waals surface area (Å²) in [7, 11) is 3.08. The number of allylic oxidation sites excluding steroid dienone is 1. The molecule has 0 spiro atoms. The average Bonchev–Trinajstić information content (AvgIpc) is 3.27. The van der Waals surface area contributed by atoms with E-state index in [-0.39, 0.29) is 24.3 Å². The maximum atomic E-state index is 14.2. The summed E-state index contributed by atoms with van der Waals surface area (Å²) in [6.45, 7) is 6.93. The molecule has 0 saturated heterocycles. The molecular weight excluding hydrogens is 624 g/mol. The van der Waals surface area contributed by atoms with E-state index in [2.05, 4.69) is 22.9 Å². The Bertz CT molecular complexity index is 1640. The van der Waals surface area contributed by atoms with Gasteiger partial charge in [0.05, 0.1) is 42.7 Å². The molecule has 0 aliphatic carbocycles. The second kappa shape index (κ2) is 14.7. The Hall–Kier alpha value is -3.41. The zero-order chi connectivity index (χ0) is 30.2. The Labute approximate surface area is 257 Å². The zero-order valence-corrected chi connectivity index (χ0v) is 26.8. The highest BCUT2D eigenvalue weighted by molar-refractivity contribution is 9.10. The van der Waals surface area contributed by atoms with Crippen LogP contribution in [0.1, 0.15) is 50.8 Å². The number of hydrogen-bond acceptors (Lipinski definition) is 9. The predicted octanol–water partition coefficient (Wildman–Crippen LogP) is 4.77. The van der Waals surface area contributed by atoms with Crippen molar-refractivity contribution in [3.05, 3.63) is 83.0 Å². The van der Waals surface area contributed by atoms with Crippen LogP contribution in [0.2, 0.25) is 0 Å². The second-order valence-corrected chi connectivity index (χ2v) is 11.3. The first kappa shape index (κ1) is 31.5. The number of hydrogen-bond donors (Lipinski definition) is 0. The molecule has 0 fully saturated rings. The highest BCUT2D eigenvalue weighted by atomic mass is 79.9. The molecule has 42 heavy (non-hydrogen) atoms. The summed E-state index contributed by atoms with van der Waals surface area (Å²) in [5.41, 5.74) is 1.73. The number of fused-ring (bicyclic) bond motifs is 1. The van der Waals surface area contributed by atoms with E-state index in [4.69, 9.17) is 28.7 Å². The number of aromatic nitrogens is 1. The minimum Gasteiger partial charge on any atom is -0.493 e. The van der Waals surface area contributed by atoms with E-state index in [9.17, 15) is 9.59 Å². The van der Waals surface area contributed by atoms with Gasteiger partial charge in [0.15, 0.2) is 16.3 Å². The van der Waals surface area contributed by atoms with Gasteiger partial charge in [-0.1, -0.05) is 52.7 Å². The minimum absolute atomic E-state index is 0.0589. The molecule has 1 atom stereocenters. The van der Waals surface area contributed by atoms with Gasteiger partial charge >= 0.3 is 5.97 Å². The Morgan fingerprint density at radius 2 is 1.90 bits per heavy atom. The van der Waals surface area contributed by atoms with Gasteiger partial charge in [-0.25, -0.2) is 9.79 Å². The number of halogens is 1. The first-order valence-electron chi connectivity index (χ1n) is 13.7. The Morgan fingerprint density at radius 1 is 1.10 bits per heavy atom. The van der Waals surface area contributed by atoms with E-state index in [0.717, 1.165) is 22.9 Å². The van der Waals surface area contributed by atoms with Gasteiger partial charge in [-0.3, -0.25) is 9.36 Å². The second-order valence-electron chi connectivity index (χ2n) is 9.41. The third kappa shape index (κ3) is 6.79. The largest absolute Gasteiger partial charge is 0.493 e. The van der Waals surface area contributed by atoms with Crippen molar-refractivity contribution in [1.29, 1.82) is 0 Å². The molecule has 2 heterocycles. The van der Waals surface area contributed by atoms with Crippen LogP contribution in [-0.4, -0.2) is 51.2 Å². The molecule has 224 valence electrons. The number of nitrogens with zero attached hydrogens (tertiary/aromatic N) is 2. The zero-order valence-electron chi connectivity index (χ0n) is 24.4. The summed E-state index contributed by atoms with van der Waals surface area (Å²) >= 11 is 4.78. The van der Waals surface area contributed by atoms with Crippen LogP contribution in [0, 0.1) is 0 Å². The fourth-order valence-corrected chi connectivity index (χ4v) is 6.03. The van der Waals surface area contributed by atoms with Crippen molar-refractivity contribution in [2.45, 2.75) is 39.7 Å². The molecule has 1 aliphatic heterocycles. The summed E-state index contributed by atoms with van der Waals surface area (Å²) < 4.78 is 31.1. The van der Waals surface area contributed by atoms with Gasteiger partial charge in [0.2, 0.25) is 0 Å². The topological polar surface area (TPSA) is 97.6 Å². The van der Waals surface area contributed by atoms with Gasteiger partial charge in [-0.2, -0.15) is 0 Å². The van der Waals surface area contributed by atoms with E-state index in [0.29, 0.717) is 51.1 Å². The Balaban J connectivity index is 1.94. The number of unbranched alkanes of at least 4 members (excludes halogenated alkanes) is 1. The van der Waals surface area contributed by atoms with Crippen LogP contribution in [0.3, 0.4) is 0 Å². The highest BCUT2D eigenvalue weighted by Gasteiger charge is 2.36. The lowest BCUT2D eigenvalue weighted by atomic mass is 9.94. The molecule has 0 N–H and O–H groups in total. The molecule has 2 aromatic carbocycles. The molecule has 0 unspecified atom stereocenters. The number of thiazole rings is 1. The number of methoxy groups -OCH3 is 2. The number of carbonyl (C=O) groups excluding carboxylic acids is 1. The first-order valence-corrected chi connectivity index (χ1v) is 15.4. The summed E-state index contributed by atoms with van der Waals surface area (Å²) in [5.74, 6) is 1.02. The molecule has 4 rings (SSSR count). The number of rotatable bonds is 13. The van der Waals surface area contributed by atoms with Crippen molar-refractivity contribution in [3.8, 4) is 17.2 Å². The summed E-state index contributed by atoms with van der Waals surface area (Å²) in [6, 6.07) is 10.2. The number of benzene rings is 2. The molecule has 1 aromatic heterocycles. The lowest BCUT2D eigenvalue weighted by molar-refractivity contribution is -0.140. The van der Waals surface area contributed by atoms with Crippen molar-refractivity contribution >= 4 is 39.3 Å². The van der Waals surface area contributed by atoms with E-state index in [1.165, 1.54) is 23.0 Å². The third-order valence-corrected chi connectivity index (χ3v) is 8.06. The van der Waals surface area contributed by atoms with Gasteiger partial charge in [0.25, 0.3) is 5.56 Å². The van der Waals surface area contributed by atoms with Crippen molar-refractivity contribution in [2.75, 3.05) is 40.6 Å². The van der Waals surface area contributed by atoms with E-state index < -0.39 is 12.0 Å². The summed E-state index contributed by atoms with van der Waals surface area (Å²) in [6.07, 6.45) is 3.73. The smallest absolute Gasteiger partial charge is 0.338 e. The van der Waals surface area contributed by atoms with Gasteiger partial charge in [0.1, 0.15) is 18.4 Å². The Morgan fingerprint density at radius 3 is 2.62 bits per heavy atom. The predicted molar refractivity (Wildman–Crippen MR) is 165 cm³/mol. The molecule has 9 nitrogen and oxygen atoms in total. The van der Waals surface area contributed by atoms with E-state index in [1.54, 1.807) is 32.2 Å². The third-order valence-electron chi connectivity index (χ3n) is 6.59. The van der Waals surface area contributed by atoms with Crippen LogP contribution < -0.4 is 29.1 Å². The Kier molecular flexibility index (Phi) is 11.0. The first-order chi connectivity index (χ1) is 20.3. The standard InChI is InChI=1S/C31H35BrN2O7S/c1-6-8-14-40-23-13-12-21(32)17-20(23)18-25-29(35)34-27(22-10-9-11-24(38-5)28(22)39-7-2)26(19(3)33-31(34)42-25)30(36)41-16-15-37-4/h9-13,17-18,27H,6-8,14-16H2,1-5H3/b25-18+/t27-/m1/s1. The maximum Gasteiger partial charge on any atom is 0.338 e. The minimum atomic E-state index is -0.863. The van der Waals surface area contributed by atoms with Crippen LogP contribution in [0.15, 0.2) is 61.9 Å². The number of carbonyl (C=O) groups is 1. The summed E-state index contributed by atoms with van der Waals surface area (Å²) in [4.78, 5) is 32.8. The van der Waals surface area contributed by atoms with Crippen molar-refractivity contribution < 1.29 is 28.5 Å². The quantitative estimate of drug-likeness (QED) is 0.193. The van der Waals surface area contributed by atoms with Crippen LogP contribution in [-0.2, 0) is 14.3 Å². The van der Waals surface area contributed by atoms with E-state index >= 15 is 0 Å². The van der Waals surface area contributed by atoms with Gasteiger partial charge in [0, 0.05) is 22.7 Å². The summed E-state index contributed by atoms with van der Waals surface area (Å²) in [5, 5.41) is 0. The monoisotopic (exact) mass is 658 g/mol. The van der Waals surface area contributed by atoms with Crippen molar-refractivity contribution in [3.63, 3.8) is 0 Å². The SMILES string of the molecule is CCCCOc1ccc(Br)cc1/C=c1/sc2n(c1=O)[C@H](c1cccc(OC)c1OCC)C(C(=O)OCCOC)=C(C)N=2. The number of esters is 1. The number of para-hydroxylation sites is 1. The van der Waals surface area contributed by atoms with Crippen molar-refractivity contribution in [2.24, 2.45) is 4.99 Å². The number of ether oxygens (including phenoxy) is 5. The fraction of sp³-hybridized carbons (Fsp3) is 0.387. The van der Waals surface area contributed by atoms with Crippen LogP contribution in [0.5, 0.6) is 17.2 Å². The molecule has 0 bridgehead atoms. The molecule has 0 amide bonds. The van der Waals surface area contributed by atoms with Crippen LogP contribution in [0.25, 0.3) is 6.08 Å². The van der Waals surface area contributed by atoms with Crippen LogP contribution >= 0.6 is 27.3 Å².